The van der Waals surface area contributed by atoms with Gasteiger partial charge in [-0.15, -0.1) is 0 Å². The van der Waals surface area contributed by atoms with E-state index >= 15 is 0 Å². The lowest BCUT2D eigenvalue weighted by molar-refractivity contribution is 0.796. The molecule has 0 fully saturated rings. The number of para-hydroxylation sites is 1. The minimum Gasteiger partial charge on any atom is -0.347 e. The predicted molar refractivity (Wildman–Crippen MR) is 82.8 cm³/mol. The van der Waals surface area contributed by atoms with Gasteiger partial charge in [-0.25, -0.2) is 0 Å². The maximum absolute atomic E-state index is 5.14. The Labute approximate surface area is 121 Å². The van der Waals surface area contributed by atoms with E-state index in [1.807, 2.05) is 25.3 Å². The third-order valence-electron chi connectivity index (χ3n) is 3.28. The van der Waals surface area contributed by atoms with Gasteiger partial charge in [-0.05, 0) is 32.1 Å². The van der Waals surface area contributed by atoms with Crippen molar-refractivity contribution in [3.63, 3.8) is 0 Å². The molecule has 0 bridgehead atoms. The summed E-state index contributed by atoms with van der Waals surface area (Å²) in [5.74, 6) is 0.741. The minimum absolute atomic E-state index is 0.498. The molecule has 0 aliphatic carbocycles. The zero-order valence-corrected chi connectivity index (χ0v) is 12.2. The van der Waals surface area contributed by atoms with Crippen LogP contribution in [-0.2, 0) is 6.54 Å². The molecule has 6 heteroatoms. The molecule has 20 heavy (non-hydrogen) atoms. The molecule has 0 atom stereocenters. The highest BCUT2D eigenvalue weighted by Crippen LogP contribution is 2.19. The first kappa shape index (κ1) is 12.8. The van der Waals surface area contributed by atoms with Gasteiger partial charge in [0.05, 0.1) is 6.21 Å². The molecule has 0 spiro atoms. The lowest BCUT2D eigenvalue weighted by Gasteiger charge is -1.97. The van der Waals surface area contributed by atoms with Crippen molar-refractivity contribution < 1.29 is 0 Å². The molecule has 2 heterocycles. The Morgan fingerprint density at radius 3 is 2.90 bits per heavy atom. The summed E-state index contributed by atoms with van der Waals surface area (Å²) < 4.78 is 4.32. The molecule has 0 saturated carbocycles. The zero-order valence-electron chi connectivity index (χ0n) is 11.4. The van der Waals surface area contributed by atoms with Crippen molar-refractivity contribution in [2.75, 3.05) is 0 Å². The number of H-pyrrole nitrogens is 1. The fourth-order valence-corrected chi connectivity index (χ4v) is 2.49. The molecule has 0 aliphatic heterocycles. The maximum atomic E-state index is 5.14. The van der Waals surface area contributed by atoms with Crippen LogP contribution >= 0.6 is 12.2 Å². The maximum Gasteiger partial charge on any atom is 0.216 e. The fourth-order valence-electron chi connectivity index (χ4n) is 2.27. The number of aromatic nitrogens is 4. The second kappa shape index (κ2) is 5.05. The molecule has 0 unspecified atom stereocenters. The van der Waals surface area contributed by atoms with Crippen LogP contribution in [0, 0.1) is 11.7 Å². The highest BCUT2D eigenvalue weighted by atomic mass is 32.1. The first-order chi connectivity index (χ1) is 9.70. The Morgan fingerprint density at radius 2 is 2.20 bits per heavy atom. The molecule has 0 aliphatic rings. The van der Waals surface area contributed by atoms with E-state index in [1.165, 1.54) is 10.9 Å². The molecule has 5 nitrogen and oxygen atoms in total. The first-order valence-electron chi connectivity index (χ1n) is 6.47. The summed E-state index contributed by atoms with van der Waals surface area (Å²) in [4.78, 5) is 0. The van der Waals surface area contributed by atoms with Gasteiger partial charge in [0.25, 0.3) is 0 Å². The van der Waals surface area contributed by atoms with Crippen molar-refractivity contribution in [2.45, 2.75) is 20.4 Å². The molecular weight excluding hydrogens is 270 g/mol. The van der Waals surface area contributed by atoms with Crippen LogP contribution in [0.3, 0.4) is 0 Å². The number of nitrogens with zero attached hydrogens (tertiary/aromatic N) is 4. The van der Waals surface area contributed by atoms with Gasteiger partial charge in [-0.2, -0.15) is 14.9 Å². The van der Waals surface area contributed by atoms with Crippen molar-refractivity contribution in [3.8, 4) is 0 Å². The third kappa shape index (κ3) is 2.08. The summed E-state index contributed by atoms with van der Waals surface area (Å²) in [6.45, 7) is 4.92. The molecule has 0 amide bonds. The fraction of sp³-hybridized carbons (Fsp3) is 0.214. The Morgan fingerprint density at radius 1 is 1.40 bits per heavy atom. The second-order valence-electron chi connectivity index (χ2n) is 4.52. The van der Waals surface area contributed by atoms with Crippen molar-refractivity contribution in [2.24, 2.45) is 5.10 Å². The minimum atomic E-state index is 0.498. The van der Waals surface area contributed by atoms with E-state index in [1.54, 1.807) is 4.68 Å². The van der Waals surface area contributed by atoms with Gasteiger partial charge in [0, 0.05) is 29.2 Å². The van der Waals surface area contributed by atoms with Gasteiger partial charge < -0.3 is 4.57 Å². The predicted octanol–water partition coefficient (Wildman–Crippen LogP) is 3.11. The van der Waals surface area contributed by atoms with Crippen LogP contribution in [0.25, 0.3) is 10.9 Å². The highest BCUT2D eigenvalue weighted by Gasteiger charge is 2.05. The standard InChI is InChI=1S/C14H15N5S/c1-3-18-9-11(12-6-4-5-7-13(12)18)8-15-19-10(2)16-17-14(19)20/h4-9H,3H2,1-2H3,(H,17,20)/b15-8-. The van der Waals surface area contributed by atoms with Crippen molar-refractivity contribution in [3.05, 3.63) is 46.6 Å². The third-order valence-corrected chi connectivity index (χ3v) is 3.55. The molecule has 102 valence electrons. The van der Waals surface area contributed by atoms with Crippen LogP contribution in [0.15, 0.2) is 35.6 Å². The van der Waals surface area contributed by atoms with Crippen molar-refractivity contribution in [1.29, 1.82) is 0 Å². The van der Waals surface area contributed by atoms with E-state index in [4.69, 9.17) is 12.2 Å². The normalized spacial score (nSPS) is 11.7. The van der Waals surface area contributed by atoms with Gasteiger partial charge in [0.1, 0.15) is 5.82 Å². The number of rotatable bonds is 3. The van der Waals surface area contributed by atoms with Crippen LogP contribution in [0.2, 0.25) is 0 Å². The molecule has 1 N–H and O–H groups in total. The first-order valence-corrected chi connectivity index (χ1v) is 6.87. The second-order valence-corrected chi connectivity index (χ2v) is 4.91. The number of fused-ring (bicyclic) bond motifs is 1. The number of hydrogen-bond acceptors (Lipinski definition) is 3. The largest absolute Gasteiger partial charge is 0.347 e. The summed E-state index contributed by atoms with van der Waals surface area (Å²) >= 11 is 5.14. The smallest absolute Gasteiger partial charge is 0.216 e. The Hall–Kier alpha value is -2.21. The number of aryl methyl sites for hydroxylation is 2. The summed E-state index contributed by atoms with van der Waals surface area (Å²) in [6.07, 6.45) is 3.93. The zero-order chi connectivity index (χ0) is 14.1. The molecule has 3 aromatic rings. The summed E-state index contributed by atoms with van der Waals surface area (Å²) in [7, 11) is 0. The molecule has 3 rings (SSSR count). The molecular formula is C14H15N5S. The number of hydrogen-bond donors (Lipinski definition) is 1. The van der Waals surface area contributed by atoms with Gasteiger partial charge >= 0.3 is 0 Å². The Balaban J connectivity index is 2.10. The van der Waals surface area contributed by atoms with Crippen molar-refractivity contribution >= 4 is 29.3 Å². The number of aromatic amines is 1. The lowest BCUT2D eigenvalue weighted by atomic mass is 10.2. The van der Waals surface area contributed by atoms with Crippen LogP contribution in [-0.4, -0.2) is 25.7 Å². The van der Waals surface area contributed by atoms with Crippen LogP contribution in [0.4, 0.5) is 0 Å². The molecule has 0 saturated heterocycles. The van der Waals surface area contributed by atoms with E-state index in [0.29, 0.717) is 4.77 Å². The molecule has 1 aromatic carbocycles. The highest BCUT2D eigenvalue weighted by molar-refractivity contribution is 7.71. The topological polar surface area (TPSA) is 50.9 Å². The monoisotopic (exact) mass is 285 g/mol. The number of nitrogens with one attached hydrogen (secondary N) is 1. The summed E-state index contributed by atoms with van der Waals surface area (Å²) in [6, 6.07) is 8.30. The van der Waals surface area contributed by atoms with Crippen LogP contribution < -0.4 is 0 Å². The van der Waals surface area contributed by atoms with Gasteiger partial charge in [0.15, 0.2) is 0 Å². The van der Waals surface area contributed by atoms with E-state index in [0.717, 1.165) is 17.9 Å². The average molecular weight is 285 g/mol. The SMILES string of the molecule is CCn1cc(/C=N\n2c(C)n[nH]c2=S)c2ccccc21. The van der Waals surface area contributed by atoms with Gasteiger partial charge in [-0.1, -0.05) is 18.2 Å². The summed E-state index contributed by atoms with van der Waals surface area (Å²) in [5.41, 5.74) is 2.29. The average Bonchev–Trinajstić information content (AvgIpc) is 2.98. The van der Waals surface area contributed by atoms with E-state index in [-0.39, 0.29) is 0 Å². The Bertz CT molecular complexity index is 837. The van der Waals surface area contributed by atoms with E-state index in [9.17, 15) is 0 Å². The summed E-state index contributed by atoms with van der Waals surface area (Å²) in [5, 5.41) is 12.4. The molecule has 2 aromatic heterocycles. The van der Waals surface area contributed by atoms with Crippen LogP contribution in [0.5, 0.6) is 0 Å². The number of benzene rings is 1. The Kier molecular flexibility index (Phi) is 3.23. The lowest BCUT2D eigenvalue weighted by Crippen LogP contribution is -1.93. The van der Waals surface area contributed by atoms with Gasteiger partial charge in [-0.3, -0.25) is 5.10 Å². The van der Waals surface area contributed by atoms with Crippen molar-refractivity contribution in [1.82, 2.24) is 19.4 Å². The molecule has 0 radical (unpaired) electrons. The van der Waals surface area contributed by atoms with Gasteiger partial charge in [0.2, 0.25) is 4.77 Å². The quantitative estimate of drug-likeness (QED) is 0.594. The van der Waals surface area contributed by atoms with E-state index in [2.05, 4.69) is 45.1 Å². The van der Waals surface area contributed by atoms with E-state index < -0.39 is 0 Å². The van der Waals surface area contributed by atoms with Crippen LogP contribution in [0.1, 0.15) is 18.3 Å².